The molecule has 142 valence electrons. The maximum absolute atomic E-state index is 13.2. The van der Waals surface area contributed by atoms with E-state index in [1.165, 1.54) is 5.56 Å². The van der Waals surface area contributed by atoms with Crippen LogP contribution in [0.2, 0.25) is 0 Å². The van der Waals surface area contributed by atoms with Crippen LogP contribution in [0.3, 0.4) is 0 Å². The van der Waals surface area contributed by atoms with Gasteiger partial charge in [0.2, 0.25) is 0 Å². The van der Waals surface area contributed by atoms with Gasteiger partial charge in [-0.1, -0.05) is 44.2 Å². The predicted octanol–water partition coefficient (Wildman–Crippen LogP) is 3.92. The first kappa shape index (κ1) is 20.5. The Morgan fingerprint density at radius 1 is 1.19 bits per heavy atom. The Morgan fingerprint density at radius 3 is 2.42 bits per heavy atom. The van der Waals surface area contributed by atoms with E-state index < -0.39 is 5.92 Å². The quantitative estimate of drug-likeness (QED) is 0.291. The van der Waals surface area contributed by atoms with Crippen molar-refractivity contribution in [1.29, 1.82) is 0 Å². The summed E-state index contributed by atoms with van der Waals surface area (Å²) in [6.07, 6.45) is 5.56. The van der Waals surface area contributed by atoms with Gasteiger partial charge in [0, 0.05) is 19.3 Å². The first-order chi connectivity index (χ1) is 12.4. The van der Waals surface area contributed by atoms with Gasteiger partial charge in [-0.25, -0.2) is 9.59 Å². The number of ketones is 1. The van der Waals surface area contributed by atoms with Crippen molar-refractivity contribution in [2.24, 2.45) is 11.8 Å². The molecule has 0 bridgehead atoms. The van der Waals surface area contributed by atoms with Crippen LogP contribution in [0.1, 0.15) is 58.4 Å². The summed E-state index contributed by atoms with van der Waals surface area (Å²) in [6, 6.07) is 10.2. The standard InChI is InChI=1S/C22H32NO3/c1-17(2)21(22(26)23(16-24)15-9-10-18(23)3)20(25)14-8-7-13-19-11-5-4-6-12-19/h4-6,11-12,16-18,21H,7-10,13-15H2,1-3H3/q+1/t18-,21?,23?/m1/s1. The van der Waals surface area contributed by atoms with Gasteiger partial charge in [0.1, 0.15) is 17.7 Å². The van der Waals surface area contributed by atoms with Gasteiger partial charge in [0.05, 0.1) is 6.54 Å². The number of Topliss-reactive ketones (excluding diaryl/α,β-unsaturated/α-hetero) is 1. The molecule has 2 unspecified atom stereocenters. The van der Waals surface area contributed by atoms with Crippen LogP contribution >= 0.6 is 0 Å². The largest absolute Gasteiger partial charge is 0.331 e. The predicted molar refractivity (Wildman–Crippen MR) is 102 cm³/mol. The Kier molecular flexibility index (Phi) is 7.27. The zero-order chi connectivity index (χ0) is 19.2. The molecular formula is C22H32NO3+. The van der Waals surface area contributed by atoms with Crippen molar-refractivity contribution in [3.63, 3.8) is 0 Å². The summed E-state index contributed by atoms with van der Waals surface area (Å²) >= 11 is 0. The number of rotatable bonds is 9. The molecule has 1 heterocycles. The normalized spacial score (nSPS) is 23.8. The van der Waals surface area contributed by atoms with Crippen LogP contribution < -0.4 is 0 Å². The molecule has 1 aliphatic heterocycles. The number of likely N-dealkylation sites (tertiary alicyclic amines) is 1. The van der Waals surface area contributed by atoms with Gasteiger partial charge >= 0.3 is 12.3 Å². The summed E-state index contributed by atoms with van der Waals surface area (Å²) in [4.78, 5) is 37.8. The van der Waals surface area contributed by atoms with Gasteiger partial charge in [0.25, 0.3) is 0 Å². The molecule has 0 N–H and O–H groups in total. The number of carbonyl (C=O) groups is 3. The van der Waals surface area contributed by atoms with E-state index in [4.69, 9.17) is 0 Å². The van der Waals surface area contributed by atoms with Crippen molar-refractivity contribution in [1.82, 2.24) is 0 Å². The molecule has 0 aliphatic carbocycles. The molecule has 4 nitrogen and oxygen atoms in total. The van der Waals surface area contributed by atoms with E-state index in [9.17, 15) is 14.4 Å². The van der Waals surface area contributed by atoms with Crippen molar-refractivity contribution in [3.05, 3.63) is 35.9 Å². The first-order valence-corrected chi connectivity index (χ1v) is 9.87. The molecular weight excluding hydrogens is 326 g/mol. The van der Waals surface area contributed by atoms with E-state index in [2.05, 4.69) is 12.1 Å². The number of nitrogens with zero attached hydrogens (tertiary/aromatic N) is 1. The van der Waals surface area contributed by atoms with Crippen LogP contribution in [-0.4, -0.2) is 35.2 Å². The van der Waals surface area contributed by atoms with Gasteiger partial charge in [-0.2, -0.15) is 4.48 Å². The summed E-state index contributed by atoms with van der Waals surface area (Å²) in [5.74, 6) is -0.936. The second-order valence-electron chi connectivity index (χ2n) is 7.97. The Hall–Kier alpha value is -1.81. The van der Waals surface area contributed by atoms with Gasteiger partial charge in [-0.3, -0.25) is 4.79 Å². The topological polar surface area (TPSA) is 51.2 Å². The minimum absolute atomic E-state index is 0.00323. The summed E-state index contributed by atoms with van der Waals surface area (Å²) < 4.78 is -0.168. The molecule has 1 aromatic carbocycles. The fourth-order valence-corrected chi connectivity index (χ4v) is 4.12. The Labute approximate surface area is 157 Å². The average molecular weight is 359 g/mol. The van der Waals surface area contributed by atoms with Crippen molar-refractivity contribution in [2.45, 2.75) is 65.3 Å². The second-order valence-corrected chi connectivity index (χ2v) is 7.97. The Balaban J connectivity index is 1.96. The molecule has 2 amide bonds. The van der Waals surface area contributed by atoms with Crippen LogP contribution in [0.5, 0.6) is 0 Å². The van der Waals surface area contributed by atoms with Crippen molar-refractivity contribution < 1.29 is 18.9 Å². The minimum atomic E-state index is -0.669. The first-order valence-electron chi connectivity index (χ1n) is 9.87. The summed E-state index contributed by atoms with van der Waals surface area (Å²) in [5, 5.41) is 0. The second kappa shape index (κ2) is 9.22. The number of hydrogen-bond donors (Lipinski definition) is 0. The molecule has 1 fully saturated rings. The summed E-state index contributed by atoms with van der Waals surface area (Å²) in [6.45, 7) is 6.30. The zero-order valence-electron chi connectivity index (χ0n) is 16.3. The number of hydrogen-bond acceptors (Lipinski definition) is 3. The monoisotopic (exact) mass is 358 g/mol. The number of imide groups is 1. The summed E-state index contributed by atoms with van der Waals surface area (Å²) in [7, 11) is 0. The molecule has 4 heteroatoms. The molecule has 0 saturated carbocycles. The van der Waals surface area contributed by atoms with Crippen molar-refractivity contribution >= 4 is 18.1 Å². The van der Waals surface area contributed by atoms with E-state index in [-0.39, 0.29) is 28.1 Å². The van der Waals surface area contributed by atoms with E-state index in [1.54, 1.807) is 0 Å². The van der Waals surface area contributed by atoms with Gasteiger partial charge in [-0.15, -0.1) is 0 Å². The molecule has 3 atom stereocenters. The van der Waals surface area contributed by atoms with Crippen LogP contribution in [0, 0.1) is 11.8 Å². The highest BCUT2D eigenvalue weighted by Gasteiger charge is 2.51. The number of benzene rings is 1. The number of carbonyl (C=O) groups excluding carboxylic acids is 3. The van der Waals surface area contributed by atoms with Gasteiger partial charge in [-0.05, 0) is 37.7 Å². The van der Waals surface area contributed by atoms with E-state index in [0.29, 0.717) is 13.0 Å². The SMILES string of the molecule is CC(C)C(C(=O)CCCCc1ccccc1)C(=O)[N+]1(C=O)CCC[C@H]1C. The lowest BCUT2D eigenvalue weighted by molar-refractivity contribution is -0.781. The molecule has 26 heavy (non-hydrogen) atoms. The van der Waals surface area contributed by atoms with E-state index in [1.807, 2.05) is 39.0 Å². The lowest BCUT2D eigenvalue weighted by atomic mass is 9.86. The van der Waals surface area contributed by atoms with Crippen LogP contribution in [0.4, 0.5) is 0 Å². The molecule has 1 saturated heterocycles. The fourth-order valence-electron chi connectivity index (χ4n) is 4.12. The summed E-state index contributed by atoms with van der Waals surface area (Å²) in [5.41, 5.74) is 1.27. The lowest BCUT2D eigenvalue weighted by Crippen LogP contribution is -2.58. The molecule has 0 aromatic heterocycles. The van der Waals surface area contributed by atoms with Crippen LogP contribution in [0.15, 0.2) is 30.3 Å². The van der Waals surface area contributed by atoms with E-state index in [0.717, 1.165) is 38.5 Å². The third-order valence-corrected chi connectivity index (χ3v) is 5.80. The number of unbranched alkanes of at least 4 members (excludes halogenated alkanes) is 1. The number of aryl methyl sites for hydroxylation is 1. The fraction of sp³-hybridized carbons (Fsp3) is 0.591. The third kappa shape index (κ3) is 4.47. The van der Waals surface area contributed by atoms with E-state index >= 15 is 0 Å². The highest BCUT2D eigenvalue weighted by molar-refractivity contribution is 6.00. The Morgan fingerprint density at radius 2 is 1.88 bits per heavy atom. The average Bonchev–Trinajstić information content (AvgIpc) is 3.01. The molecule has 1 aliphatic rings. The van der Waals surface area contributed by atoms with Crippen molar-refractivity contribution in [3.8, 4) is 0 Å². The lowest BCUT2D eigenvalue weighted by Gasteiger charge is -2.32. The van der Waals surface area contributed by atoms with Crippen LogP contribution in [0.25, 0.3) is 0 Å². The van der Waals surface area contributed by atoms with Gasteiger partial charge in [0.15, 0.2) is 0 Å². The van der Waals surface area contributed by atoms with Crippen molar-refractivity contribution in [2.75, 3.05) is 6.54 Å². The molecule has 2 rings (SSSR count). The maximum Gasteiger partial charge on any atom is 0.331 e. The number of amides is 2. The maximum atomic E-state index is 13.2. The number of quaternary nitrogens is 1. The Bertz CT molecular complexity index is 626. The molecule has 0 radical (unpaired) electrons. The third-order valence-electron chi connectivity index (χ3n) is 5.80. The molecule has 1 aromatic rings. The zero-order valence-corrected chi connectivity index (χ0v) is 16.3. The van der Waals surface area contributed by atoms with Gasteiger partial charge < -0.3 is 0 Å². The highest BCUT2D eigenvalue weighted by Crippen LogP contribution is 2.31. The minimum Gasteiger partial charge on any atom is -0.299 e. The van der Waals surface area contributed by atoms with Crippen LogP contribution in [-0.2, 0) is 20.8 Å². The highest BCUT2D eigenvalue weighted by atomic mass is 16.2. The smallest absolute Gasteiger partial charge is 0.299 e. The molecule has 0 spiro atoms.